The molecule has 0 bridgehead atoms. The molecule has 2 N–H and O–H groups in total. The molecule has 1 heterocycles. The molecule has 0 saturated carbocycles. The van der Waals surface area contributed by atoms with E-state index in [1.54, 1.807) is 18.3 Å². The third-order valence-corrected chi connectivity index (χ3v) is 3.71. The summed E-state index contributed by atoms with van der Waals surface area (Å²) in [4.78, 5) is 14.7. The lowest BCUT2D eigenvalue weighted by Crippen LogP contribution is -2.15. The molecule has 0 aliphatic carbocycles. The Bertz CT molecular complexity index is 837. The maximum absolute atomic E-state index is 11.1. The summed E-state index contributed by atoms with van der Waals surface area (Å²) < 4.78 is 0. The predicted octanol–water partition coefficient (Wildman–Crippen LogP) is 3.29. The molecular formula is C17H15N3O3. The van der Waals surface area contributed by atoms with Crippen molar-refractivity contribution < 1.29 is 10.0 Å². The molecule has 0 spiro atoms. The Morgan fingerprint density at radius 3 is 2.61 bits per heavy atom. The maximum Gasteiger partial charge on any atom is 0.278 e. The number of nitrogens with one attached hydrogen (secondary N) is 1. The van der Waals surface area contributed by atoms with Gasteiger partial charge in [-0.15, -0.1) is 0 Å². The summed E-state index contributed by atoms with van der Waals surface area (Å²) in [6, 6.07) is 14.1. The van der Waals surface area contributed by atoms with Crippen LogP contribution in [0.2, 0.25) is 0 Å². The topological polar surface area (TPSA) is 88.3 Å². The summed E-state index contributed by atoms with van der Waals surface area (Å²) in [7, 11) is 0. The highest BCUT2D eigenvalue weighted by Gasteiger charge is 2.17. The van der Waals surface area contributed by atoms with Crippen LogP contribution in [0.4, 0.5) is 11.4 Å². The van der Waals surface area contributed by atoms with Crippen molar-refractivity contribution in [2.24, 2.45) is 0 Å². The number of pyridine rings is 1. The summed E-state index contributed by atoms with van der Waals surface area (Å²) in [5.74, 6) is 0. The molecule has 0 unspecified atom stereocenters. The second-order valence-corrected chi connectivity index (χ2v) is 5.10. The minimum atomic E-state index is -0.422. The van der Waals surface area contributed by atoms with Crippen molar-refractivity contribution in [3.8, 4) is 0 Å². The number of nitrogens with zero attached hydrogens (tertiary/aromatic N) is 2. The van der Waals surface area contributed by atoms with E-state index in [2.05, 4.69) is 10.3 Å². The number of fused-ring (bicyclic) bond motifs is 1. The van der Waals surface area contributed by atoms with Gasteiger partial charge in [-0.3, -0.25) is 15.1 Å². The average molecular weight is 309 g/mol. The molecule has 0 saturated heterocycles. The third-order valence-electron chi connectivity index (χ3n) is 3.71. The van der Waals surface area contributed by atoms with Crippen LogP contribution in [0.25, 0.3) is 10.8 Å². The summed E-state index contributed by atoms with van der Waals surface area (Å²) in [5.41, 5.74) is 1.67. The fourth-order valence-corrected chi connectivity index (χ4v) is 2.57. The Kier molecular flexibility index (Phi) is 4.16. The molecule has 0 fully saturated rings. The lowest BCUT2D eigenvalue weighted by Gasteiger charge is -2.19. The molecular weight excluding hydrogens is 294 g/mol. The van der Waals surface area contributed by atoms with E-state index in [4.69, 9.17) is 0 Å². The molecule has 0 aliphatic heterocycles. The van der Waals surface area contributed by atoms with Gasteiger partial charge in [0.2, 0.25) is 0 Å². The van der Waals surface area contributed by atoms with Crippen LogP contribution in [-0.4, -0.2) is 21.6 Å². The number of aromatic nitrogens is 1. The van der Waals surface area contributed by atoms with Gasteiger partial charge in [0.25, 0.3) is 5.69 Å². The molecule has 0 amide bonds. The second kappa shape index (κ2) is 6.41. The van der Waals surface area contributed by atoms with E-state index in [1.807, 2.05) is 30.3 Å². The number of rotatable bonds is 5. The monoisotopic (exact) mass is 309 g/mol. The van der Waals surface area contributed by atoms with Crippen LogP contribution in [0.1, 0.15) is 11.6 Å². The van der Waals surface area contributed by atoms with E-state index < -0.39 is 4.92 Å². The molecule has 1 atom stereocenters. The smallest absolute Gasteiger partial charge is 0.278 e. The van der Waals surface area contributed by atoms with E-state index in [1.165, 1.54) is 12.3 Å². The van der Waals surface area contributed by atoms with Crippen molar-refractivity contribution >= 4 is 22.1 Å². The minimum absolute atomic E-state index is 0.0129. The largest absolute Gasteiger partial charge is 0.394 e. The first kappa shape index (κ1) is 14.9. The summed E-state index contributed by atoms with van der Waals surface area (Å²) in [6.07, 6.45) is 3.07. The van der Waals surface area contributed by atoms with E-state index in [0.717, 1.165) is 11.3 Å². The van der Waals surface area contributed by atoms with Crippen molar-refractivity contribution in [2.75, 3.05) is 11.9 Å². The van der Waals surface area contributed by atoms with Gasteiger partial charge in [-0.05, 0) is 17.7 Å². The molecule has 6 heteroatoms. The van der Waals surface area contributed by atoms with E-state index in [9.17, 15) is 15.2 Å². The molecule has 3 aromatic rings. The van der Waals surface area contributed by atoms with Gasteiger partial charge in [0.15, 0.2) is 0 Å². The highest BCUT2D eigenvalue weighted by Crippen LogP contribution is 2.32. The van der Waals surface area contributed by atoms with Crippen molar-refractivity contribution in [1.29, 1.82) is 0 Å². The molecule has 6 nitrogen and oxygen atoms in total. The number of non-ortho nitro benzene ring substituents is 1. The standard InChI is InChI=1S/C17H15N3O3/c21-11-16(12-4-2-1-3-5-12)19-15-6-7-17(20(22)23)14-10-18-9-8-13(14)15/h1-10,16,19,21H,11H2/t16-/m0/s1. The van der Waals surface area contributed by atoms with Gasteiger partial charge in [0.05, 0.1) is 23.0 Å². The van der Waals surface area contributed by atoms with Gasteiger partial charge in [-0.1, -0.05) is 30.3 Å². The van der Waals surface area contributed by atoms with E-state index in [-0.39, 0.29) is 18.3 Å². The Morgan fingerprint density at radius 2 is 1.91 bits per heavy atom. The quantitative estimate of drug-likeness (QED) is 0.557. The van der Waals surface area contributed by atoms with E-state index in [0.29, 0.717) is 10.8 Å². The van der Waals surface area contributed by atoms with Gasteiger partial charge >= 0.3 is 0 Å². The molecule has 23 heavy (non-hydrogen) atoms. The van der Waals surface area contributed by atoms with Crippen molar-refractivity contribution in [1.82, 2.24) is 4.98 Å². The first-order valence-corrected chi connectivity index (χ1v) is 7.14. The highest BCUT2D eigenvalue weighted by atomic mass is 16.6. The lowest BCUT2D eigenvalue weighted by atomic mass is 10.1. The van der Waals surface area contributed by atoms with Crippen molar-refractivity contribution in [3.05, 3.63) is 76.6 Å². The fraction of sp³-hybridized carbons (Fsp3) is 0.118. The van der Waals surface area contributed by atoms with Crippen molar-refractivity contribution in [2.45, 2.75) is 6.04 Å². The van der Waals surface area contributed by atoms with Crippen LogP contribution in [0.5, 0.6) is 0 Å². The van der Waals surface area contributed by atoms with Crippen LogP contribution in [0.15, 0.2) is 60.9 Å². The first-order chi connectivity index (χ1) is 11.2. The van der Waals surface area contributed by atoms with Gasteiger partial charge in [-0.2, -0.15) is 0 Å². The van der Waals surface area contributed by atoms with Gasteiger partial charge < -0.3 is 10.4 Å². The average Bonchev–Trinajstić information content (AvgIpc) is 2.60. The highest BCUT2D eigenvalue weighted by molar-refractivity contribution is 5.99. The number of nitro groups is 1. The lowest BCUT2D eigenvalue weighted by molar-refractivity contribution is -0.383. The van der Waals surface area contributed by atoms with Crippen LogP contribution >= 0.6 is 0 Å². The Morgan fingerprint density at radius 1 is 1.13 bits per heavy atom. The molecule has 0 radical (unpaired) electrons. The van der Waals surface area contributed by atoms with Crippen LogP contribution in [0.3, 0.4) is 0 Å². The number of anilines is 1. The minimum Gasteiger partial charge on any atom is -0.394 e. The number of nitro benzene ring substituents is 1. The maximum atomic E-state index is 11.1. The summed E-state index contributed by atoms with van der Waals surface area (Å²) in [5, 5.41) is 25.2. The second-order valence-electron chi connectivity index (χ2n) is 5.10. The normalized spacial score (nSPS) is 12.0. The fourth-order valence-electron chi connectivity index (χ4n) is 2.57. The number of aliphatic hydroxyl groups excluding tert-OH is 1. The van der Waals surface area contributed by atoms with Gasteiger partial charge in [0.1, 0.15) is 0 Å². The molecule has 116 valence electrons. The number of aliphatic hydroxyl groups is 1. The van der Waals surface area contributed by atoms with Crippen LogP contribution in [-0.2, 0) is 0 Å². The third kappa shape index (κ3) is 2.97. The molecule has 0 aliphatic rings. The number of hydrogen-bond acceptors (Lipinski definition) is 5. The van der Waals surface area contributed by atoms with E-state index >= 15 is 0 Å². The van der Waals surface area contributed by atoms with Crippen molar-refractivity contribution in [3.63, 3.8) is 0 Å². The first-order valence-electron chi connectivity index (χ1n) is 7.14. The Hall–Kier alpha value is -2.99. The van der Waals surface area contributed by atoms with Crippen LogP contribution < -0.4 is 5.32 Å². The Labute approximate surface area is 132 Å². The predicted molar refractivity (Wildman–Crippen MR) is 88.3 cm³/mol. The van der Waals surface area contributed by atoms with Crippen LogP contribution in [0, 0.1) is 10.1 Å². The molecule has 1 aromatic heterocycles. The van der Waals surface area contributed by atoms with Gasteiger partial charge in [0, 0.05) is 29.5 Å². The zero-order valence-electron chi connectivity index (χ0n) is 12.2. The SMILES string of the molecule is O=[N+]([O-])c1ccc(N[C@@H](CO)c2ccccc2)c2ccncc12. The number of hydrogen-bond donors (Lipinski definition) is 2. The summed E-state index contributed by atoms with van der Waals surface area (Å²) >= 11 is 0. The number of benzene rings is 2. The Balaban J connectivity index is 2.03. The summed E-state index contributed by atoms with van der Waals surface area (Å²) in [6.45, 7) is -0.0897. The van der Waals surface area contributed by atoms with Gasteiger partial charge in [-0.25, -0.2) is 0 Å². The zero-order chi connectivity index (χ0) is 16.2. The zero-order valence-corrected chi connectivity index (χ0v) is 12.2. The molecule has 3 rings (SSSR count). The molecule has 2 aromatic carbocycles.